The standard InChI is InChI=1S/C25H48O2/c1-8-22(27)25(17-26,23(6)13-9-20(10-14-23)18(2)3)24(7)15-11-21(12-16-24)19(4)5/h18-22,26-27H,8-17H2,1-7H3. The molecule has 160 valence electrons. The van der Waals surface area contributed by atoms with E-state index in [0.717, 1.165) is 55.8 Å². The topological polar surface area (TPSA) is 40.5 Å². The number of hydrogen-bond acceptors (Lipinski definition) is 2. The fourth-order valence-electron chi connectivity index (χ4n) is 7.15. The van der Waals surface area contributed by atoms with E-state index in [0.29, 0.717) is 0 Å². The smallest absolute Gasteiger partial charge is 0.0626 e. The minimum absolute atomic E-state index is 0.0297. The van der Waals surface area contributed by atoms with Crippen molar-refractivity contribution in [2.75, 3.05) is 6.61 Å². The van der Waals surface area contributed by atoms with Crippen molar-refractivity contribution in [1.82, 2.24) is 0 Å². The van der Waals surface area contributed by atoms with Gasteiger partial charge in [0.2, 0.25) is 0 Å². The van der Waals surface area contributed by atoms with Crippen molar-refractivity contribution in [3.05, 3.63) is 0 Å². The zero-order chi connectivity index (χ0) is 20.5. The minimum atomic E-state index is -0.413. The summed E-state index contributed by atoms with van der Waals surface area (Å²) in [6.45, 7) is 16.4. The first-order chi connectivity index (χ1) is 12.6. The lowest BCUT2D eigenvalue weighted by Crippen LogP contribution is -2.62. The third kappa shape index (κ3) is 4.00. The average Bonchev–Trinajstić information content (AvgIpc) is 2.62. The highest BCUT2D eigenvalue weighted by molar-refractivity contribution is 5.10. The first-order valence-corrected chi connectivity index (χ1v) is 11.9. The predicted molar refractivity (Wildman–Crippen MR) is 116 cm³/mol. The lowest BCUT2D eigenvalue weighted by molar-refractivity contribution is -0.207. The van der Waals surface area contributed by atoms with Gasteiger partial charge < -0.3 is 10.2 Å². The first kappa shape index (κ1) is 23.2. The molecule has 1 atom stereocenters. The highest BCUT2D eigenvalue weighted by Crippen LogP contribution is 2.65. The Morgan fingerprint density at radius 1 is 0.815 bits per heavy atom. The molecule has 2 nitrogen and oxygen atoms in total. The highest BCUT2D eigenvalue weighted by Gasteiger charge is 2.62. The van der Waals surface area contributed by atoms with Gasteiger partial charge in [0.05, 0.1) is 12.7 Å². The molecule has 2 rings (SSSR count). The van der Waals surface area contributed by atoms with Crippen molar-refractivity contribution >= 4 is 0 Å². The molecule has 0 aromatic carbocycles. The molecule has 2 fully saturated rings. The van der Waals surface area contributed by atoms with Crippen LogP contribution in [0, 0.1) is 39.9 Å². The molecular weight excluding hydrogens is 332 g/mol. The van der Waals surface area contributed by atoms with Gasteiger partial charge in [-0.1, -0.05) is 48.5 Å². The summed E-state index contributed by atoms with van der Waals surface area (Å²) in [5.41, 5.74) is -0.317. The van der Waals surface area contributed by atoms with Gasteiger partial charge in [0.25, 0.3) is 0 Å². The van der Waals surface area contributed by atoms with Crippen LogP contribution in [0.3, 0.4) is 0 Å². The van der Waals surface area contributed by atoms with Crippen molar-refractivity contribution in [2.24, 2.45) is 39.9 Å². The first-order valence-electron chi connectivity index (χ1n) is 11.9. The maximum Gasteiger partial charge on any atom is 0.0626 e. The lowest BCUT2D eigenvalue weighted by Gasteiger charge is -2.63. The fourth-order valence-corrected chi connectivity index (χ4v) is 7.15. The lowest BCUT2D eigenvalue weighted by atomic mass is 9.42. The normalized spacial score (nSPS) is 38.8. The van der Waals surface area contributed by atoms with Crippen LogP contribution < -0.4 is 0 Å². The fraction of sp³-hybridized carbons (Fsp3) is 1.00. The quantitative estimate of drug-likeness (QED) is 0.533. The van der Waals surface area contributed by atoms with E-state index in [-0.39, 0.29) is 22.9 Å². The molecule has 0 spiro atoms. The van der Waals surface area contributed by atoms with Crippen molar-refractivity contribution in [3.8, 4) is 0 Å². The van der Waals surface area contributed by atoms with Crippen LogP contribution in [0.25, 0.3) is 0 Å². The van der Waals surface area contributed by atoms with Gasteiger partial charge in [-0.25, -0.2) is 0 Å². The zero-order valence-electron chi connectivity index (χ0n) is 19.4. The Labute approximate surface area is 169 Å². The SMILES string of the molecule is CCC(O)C(CO)(C1(C)CCC(C(C)C)CC1)C1(C)CCC(C(C)C)CC1. The number of hydrogen-bond donors (Lipinski definition) is 2. The van der Waals surface area contributed by atoms with Gasteiger partial charge in [-0.15, -0.1) is 0 Å². The molecule has 2 heteroatoms. The Morgan fingerprint density at radius 2 is 1.15 bits per heavy atom. The van der Waals surface area contributed by atoms with Crippen LogP contribution in [0.1, 0.15) is 106 Å². The molecule has 0 amide bonds. The van der Waals surface area contributed by atoms with Crippen LogP contribution in [0.4, 0.5) is 0 Å². The molecule has 1 unspecified atom stereocenters. The summed E-state index contributed by atoms with van der Waals surface area (Å²) in [7, 11) is 0. The van der Waals surface area contributed by atoms with Crippen LogP contribution in [-0.2, 0) is 0 Å². The van der Waals surface area contributed by atoms with Gasteiger partial charge in [-0.05, 0) is 92.3 Å². The summed E-state index contributed by atoms with van der Waals surface area (Å²) in [6, 6.07) is 0. The average molecular weight is 381 g/mol. The maximum absolute atomic E-state index is 11.4. The van der Waals surface area contributed by atoms with E-state index in [2.05, 4.69) is 48.5 Å². The summed E-state index contributed by atoms with van der Waals surface area (Å²) in [5.74, 6) is 3.09. The largest absolute Gasteiger partial charge is 0.396 e. The Balaban J connectivity index is 2.36. The maximum atomic E-state index is 11.4. The van der Waals surface area contributed by atoms with E-state index < -0.39 is 6.10 Å². The van der Waals surface area contributed by atoms with E-state index >= 15 is 0 Å². The van der Waals surface area contributed by atoms with Crippen molar-refractivity contribution in [1.29, 1.82) is 0 Å². The van der Waals surface area contributed by atoms with E-state index in [1.54, 1.807) is 0 Å². The van der Waals surface area contributed by atoms with E-state index in [1.165, 1.54) is 25.7 Å². The van der Waals surface area contributed by atoms with Gasteiger partial charge >= 0.3 is 0 Å². The van der Waals surface area contributed by atoms with Crippen LogP contribution in [0.2, 0.25) is 0 Å². The third-order valence-corrected chi connectivity index (χ3v) is 9.51. The summed E-state index contributed by atoms with van der Waals surface area (Å²) >= 11 is 0. The molecular formula is C25H48O2. The van der Waals surface area contributed by atoms with Gasteiger partial charge in [-0.3, -0.25) is 0 Å². The van der Waals surface area contributed by atoms with Gasteiger partial charge in [0, 0.05) is 5.41 Å². The molecule has 0 bridgehead atoms. The summed E-state index contributed by atoms with van der Waals surface area (Å²) in [6.07, 6.45) is 9.92. The van der Waals surface area contributed by atoms with E-state index in [1.807, 2.05) is 0 Å². The molecule has 27 heavy (non-hydrogen) atoms. The molecule has 0 aliphatic heterocycles. The Bertz CT molecular complexity index is 417. The van der Waals surface area contributed by atoms with E-state index in [4.69, 9.17) is 0 Å². The Kier molecular flexibility index (Phi) is 7.51. The minimum Gasteiger partial charge on any atom is -0.396 e. The van der Waals surface area contributed by atoms with Crippen molar-refractivity contribution in [3.63, 3.8) is 0 Å². The van der Waals surface area contributed by atoms with Crippen LogP contribution in [0.5, 0.6) is 0 Å². The van der Waals surface area contributed by atoms with Crippen molar-refractivity contribution in [2.45, 2.75) is 112 Å². The van der Waals surface area contributed by atoms with Crippen LogP contribution >= 0.6 is 0 Å². The monoisotopic (exact) mass is 380 g/mol. The molecule has 2 aliphatic rings. The molecule has 0 heterocycles. The number of aliphatic hydroxyl groups excluding tert-OH is 2. The molecule has 0 aromatic rings. The zero-order valence-corrected chi connectivity index (χ0v) is 19.4. The molecule has 0 saturated heterocycles. The Hall–Kier alpha value is -0.0800. The number of rotatable bonds is 7. The summed E-state index contributed by atoms with van der Waals surface area (Å²) in [4.78, 5) is 0. The summed E-state index contributed by atoms with van der Waals surface area (Å²) < 4.78 is 0. The highest BCUT2D eigenvalue weighted by atomic mass is 16.3. The number of aliphatic hydroxyl groups is 2. The van der Waals surface area contributed by atoms with E-state index in [9.17, 15) is 10.2 Å². The summed E-state index contributed by atoms with van der Waals surface area (Å²) in [5, 5.41) is 22.3. The molecule has 0 aromatic heterocycles. The molecule has 2 aliphatic carbocycles. The second-order valence-corrected chi connectivity index (χ2v) is 11.3. The molecule has 2 saturated carbocycles. The molecule has 0 radical (unpaired) electrons. The second kappa shape index (κ2) is 8.74. The predicted octanol–water partition coefficient (Wildman–Crippen LogP) is 6.44. The van der Waals surface area contributed by atoms with Crippen LogP contribution in [0.15, 0.2) is 0 Å². The van der Waals surface area contributed by atoms with Gasteiger partial charge in [0.15, 0.2) is 0 Å². The third-order valence-electron chi connectivity index (χ3n) is 9.51. The second-order valence-electron chi connectivity index (χ2n) is 11.3. The van der Waals surface area contributed by atoms with Crippen molar-refractivity contribution < 1.29 is 10.2 Å². The Morgan fingerprint density at radius 3 is 1.37 bits per heavy atom. The van der Waals surface area contributed by atoms with Gasteiger partial charge in [-0.2, -0.15) is 0 Å². The van der Waals surface area contributed by atoms with Gasteiger partial charge in [0.1, 0.15) is 0 Å². The van der Waals surface area contributed by atoms with Crippen LogP contribution in [-0.4, -0.2) is 22.9 Å². The molecule has 2 N–H and O–H groups in total.